The normalized spacial score (nSPS) is 21.9. The van der Waals surface area contributed by atoms with Crippen LogP contribution in [0.25, 0.3) is 0 Å². The molecule has 0 atom stereocenters. The van der Waals surface area contributed by atoms with Gasteiger partial charge in [0, 0.05) is 7.05 Å². The van der Waals surface area contributed by atoms with Gasteiger partial charge in [-0.05, 0) is 18.6 Å². The molecule has 0 unspecified atom stereocenters. The lowest BCUT2D eigenvalue weighted by Crippen LogP contribution is -2.27. The molecule has 2 aliphatic rings. The first kappa shape index (κ1) is 11.5. The molecule has 0 fully saturated rings. The third-order valence-electron chi connectivity index (χ3n) is 3.13. The number of hydrogen-bond donors (Lipinski definition) is 1. The Morgan fingerprint density at radius 2 is 1.83 bits per heavy atom. The first-order chi connectivity index (χ1) is 8.18. The fourth-order valence-corrected chi connectivity index (χ4v) is 4.90. The van der Waals surface area contributed by atoms with Crippen LogP contribution in [0.3, 0.4) is 0 Å². The topological polar surface area (TPSA) is 101 Å². The maximum Gasteiger partial charge on any atom is 0.269 e. The highest BCUT2D eigenvalue weighted by Crippen LogP contribution is 2.43. The van der Waals surface area contributed by atoms with Gasteiger partial charge in [0.15, 0.2) is 0 Å². The van der Waals surface area contributed by atoms with Crippen LogP contribution < -0.4 is 4.72 Å². The Morgan fingerprint density at radius 3 is 2.39 bits per heavy atom. The monoisotopic (exact) mass is 288 g/mol. The van der Waals surface area contributed by atoms with Gasteiger partial charge in [0.2, 0.25) is 0 Å². The lowest BCUT2D eigenvalue weighted by Gasteiger charge is -2.24. The Bertz CT molecular complexity index is 823. The first-order valence-corrected chi connectivity index (χ1v) is 7.84. The quantitative estimate of drug-likeness (QED) is 0.717. The van der Waals surface area contributed by atoms with Crippen molar-refractivity contribution >= 4 is 31.6 Å². The molecule has 0 aromatic heterocycles. The van der Waals surface area contributed by atoms with Crippen molar-refractivity contribution in [1.82, 2.24) is 4.31 Å². The average Bonchev–Trinajstić information content (AvgIpc) is 2.39. The number of sulfonamides is 2. The molecule has 0 spiro atoms. The maximum absolute atomic E-state index is 11.9. The Hall–Kier alpha value is -1.61. The van der Waals surface area contributed by atoms with E-state index in [4.69, 9.17) is 0 Å². The molecule has 9 heteroatoms. The molecule has 0 saturated heterocycles. The van der Waals surface area contributed by atoms with E-state index in [0.29, 0.717) is 4.31 Å². The molecule has 2 heterocycles. The second kappa shape index (κ2) is 2.86. The standard InChI is InChI=1S/C9H8N2O5S2/c1-4-7-6(18(15,16)11(2)9(7)12)3-5-8(4)17(13,14)10-5/h3,10H,1-2H3. The highest BCUT2D eigenvalue weighted by molar-refractivity contribution is 7.94. The Morgan fingerprint density at radius 1 is 1.22 bits per heavy atom. The first-order valence-electron chi connectivity index (χ1n) is 4.91. The van der Waals surface area contributed by atoms with Gasteiger partial charge in [0.1, 0.15) is 9.79 Å². The van der Waals surface area contributed by atoms with E-state index in [-0.39, 0.29) is 26.6 Å². The number of carbonyl (C=O) groups excluding carboxylic acids is 1. The van der Waals surface area contributed by atoms with Gasteiger partial charge in [0.05, 0.1) is 11.3 Å². The minimum Gasteiger partial charge on any atom is -0.278 e. The van der Waals surface area contributed by atoms with Crippen LogP contribution >= 0.6 is 0 Å². The van der Waals surface area contributed by atoms with Crippen molar-refractivity contribution in [2.24, 2.45) is 0 Å². The third-order valence-corrected chi connectivity index (χ3v) is 6.45. The van der Waals surface area contributed by atoms with E-state index >= 15 is 0 Å². The van der Waals surface area contributed by atoms with Gasteiger partial charge >= 0.3 is 0 Å². The number of rotatable bonds is 0. The molecule has 7 nitrogen and oxygen atoms in total. The van der Waals surface area contributed by atoms with Crippen LogP contribution in [0.15, 0.2) is 15.9 Å². The van der Waals surface area contributed by atoms with Crippen LogP contribution in [0.1, 0.15) is 15.9 Å². The van der Waals surface area contributed by atoms with Crippen LogP contribution in [0.5, 0.6) is 0 Å². The lowest BCUT2D eigenvalue weighted by molar-refractivity contribution is 0.0891. The van der Waals surface area contributed by atoms with Crippen molar-refractivity contribution in [3.05, 3.63) is 17.2 Å². The molecular formula is C9H8N2O5S2. The summed E-state index contributed by atoms with van der Waals surface area (Å²) in [7, 11) is -6.29. The summed E-state index contributed by atoms with van der Waals surface area (Å²) in [6.07, 6.45) is 0. The Labute approximate surface area is 104 Å². The van der Waals surface area contributed by atoms with Crippen molar-refractivity contribution in [2.75, 3.05) is 11.8 Å². The fourth-order valence-electron chi connectivity index (χ4n) is 2.22. The van der Waals surface area contributed by atoms with Crippen LogP contribution in [0.2, 0.25) is 0 Å². The minimum absolute atomic E-state index is 0.0000926. The van der Waals surface area contributed by atoms with E-state index in [1.807, 2.05) is 0 Å². The van der Waals surface area contributed by atoms with Gasteiger partial charge in [0.25, 0.3) is 26.0 Å². The van der Waals surface area contributed by atoms with E-state index in [2.05, 4.69) is 4.72 Å². The van der Waals surface area contributed by atoms with Crippen LogP contribution in [-0.4, -0.2) is 34.1 Å². The van der Waals surface area contributed by atoms with Gasteiger partial charge < -0.3 is 0 Å². The number of nitrogens with one attached hydrogen (secondary N) is 1. The van der Waals surface area contributed by atoms with E-state index < -0.39 is 26.0 Å². The van der Waals surface area contributed by atoms with Gasteiger partial charge in [-0.15, -0.1) is 0 Å². The molecule has 0 aliphatic carbocycles. The molecular weight excluding hydrogens is 280 g/mol. The SMILES string of the molecule is Cc1c2c(cc3c1S(=O)(=O)N3)S(=O)(=O)N(C)C2=O. The number of fused-ring (bicyclic) bond motifs is 2. The molecule has 1 aromatic carbocycles. The molecule has 1 N–H and O–H groups in total. The molecule has 0 bridgehead atoms. The van der Waals surface area contributed by atoms with Gasteiger partial charge in [-0.25, -0.2) is 21.1 Å². The summed E-state index contributed by atoms with van der Waals surface area (Å²) in [5.41, 5.74) is 0.346. The molecule has 0 saturated carbocycles. The highest BCUT2D eigenvalue weighted by atomic mass is 32.2. The zero-order valence-corrected chi connectivity index (χ0v) is 11.0. The van der Waals surface area contributed by atoms with Crippen LogP contribution in [0.4, 0.5) is 5.69 Å². The molecule has 0 radical (unpaired) electrons. The predicted molar refractivity (Wildman–Crippen MR) is 61.3 cm³/mol. The number of hydrogen-bond acceptors (Lipinski definition) is 5. The number of carbonyl (C=O) groups is 1. The fraction of sp³-hybridized carbons (Fsp3) is 0.222. The number of benzene rings is 1. The number of amides is 1. The summed E-state index contributed by atoms with van der Waals surface area (Å²) in [5.74, 6) is -0.701. The van der Waals surface area contributed by atoms with Crippen LogP contribution in [0, 0.1) is 6.92 Å². The predicted octanol–water partition coefficient (Wildman–Crippen LogP) is -0.116. The summed E-state index contributed by atoms with van der Waals surface area (Å²) in [4.78, 5) is 11.7. The maximum atomic E-state index is 11.9. The molecule has 1 aromatic rings. The minimum atomic E-state index is -3.85. The molecule has 1 amide bonds. The zero-order valence-electron chi connectivity index (χ0n) is 9.38. The largest absolute Gasteiger partial charge is 0.278 e. The molecule has 18 heavy (non-hydrogen) atoms. The lowest BCUT2D eigenvalue weighted by atomic mass is 10.1. The molecule has 2 aliphatic heterocycles. The van der Waals surface area contributed by atoms with Crippen LogP contribution in [-0.2, 0) is 20.0 Å². The van der Waals surface area contributed by atoms with E-state index in [1.165, 1.54) is 13.0 Å². The van der Waals surface area contributed by atoms with E-state index in [0.717, 1.165) is 7.05 Å². The van der Waals surface area contributed by atoms with Gasteiger partial charge in [-0.1, -0.05) is 0 Å². The third kappa shape index (κ3) is 1.06. The second-order valence-corrected chi connectivity index (χ2v) is 7.69. The van der Waals surface area contributed by atoms with Crippen molar-refractivity contribution in [3.63, 3.8) is 0 Å². The Balaban J connectivity index is 2.47. The van der Waals surface area contributed by atoms with Crippen molar-refractivity contribution in [1.29, 1.82) is 0 Å². The summed E-state index contributed by atoms with van der Waals surface area (Å²) in [6, 6.07) is 1.19. The summed E-state index contributed by atoms with van der Waals surface area (Å²) >= 11 is 0. The number of anilines is 1. The molecule has 96 valence electrons. The molecule has 3 rings (SSSR count). The second-order valence-electron chi connectivity index (χ2n) is 4.13. The van der Waals surface area contributed by atoms with E-state index in [9.17, 15) is 21.6 Å². The Kier molecular flexibility index (Phi) is 1.82. The van der Waals surface area contributed by atoms with Crippen molar-refractivity contribution < 1.29 is 21.6 Å². The van der Waals surface area contributed by atoms with Crippen molar-refractivity contribution in [3.8, 4) is 0 Å². The highest BCUT2D eigenvalue weighted by Gasteiger charge is 2.45. The smallest absolute Gasteiger partial charge is 0.269 e. The van der Waals surface area contributed by atoms with E-state index in [1.54, 1.807) is 0 Å². The summed E-state index contributed by atoms with van der Waals surface area (Å²) in [5, 5.41) is 0. The van der Waals surface area contributed by atoms with Gasteiger partial charge in [-0.3, -0.25) is 9.52 Å². The van der Waals surface area contributed by atoms with Gasteiger partial charge in [-0.2, -0.15) is 0 Å². The zero-order chi connectivity index (χ0) is 13.5. The average molecular weight is 288 g/mol. The summed E-state index contributed by atoms with van der Waals surface area (Å²) in [6.45, 7) is 1.43. The number of nitrogens with zero attached hydrogens (tertiary/aromatic N) is 1. The van der Waals surface area contributed by atoms with Crippen molar-refractivity contribution in [2.45, 2.75) is 16.7 Å². The summed E-state index contributed by atoms with van der Waals surface area (Å²) < 4.78 is 49.6.